The Kier molecular flexibility index (Phi) is 2.06. The van der Waals surface area contributed by atoms with Crippen molar-refractivity contribution in [3.63, 3.8) is 0 Å². The Morgan fingerprint density at radius 3 is 2.64 bits per heavy atom. The molecule has 0 amide bonds. The van der Waals surface area contributed by atoms with Crippen molar-refractivity contribution in [2.24, 2.45) is 0 Å². The molecule has 1 aromatic rings. The zero-order chi connectivity index (χ0) is 10.3. The first-order valence-electron chi connectivity index (χ1n) is 5.27. The van der Waals surface area contributed by atoms with Gasteiger partial charge in [-0.05, 0) is 29.5 Å². The van der Waals surface area contributed by atoms with Gasteiger partial charge in [-0.2, -0.15) is 0 Å². The Balaban J connectivity index is 2.38. The summed E-state index contributed by atoms with van der Waals surface area (Å²) in [7, 11) is 0. The summed E-state index contributed by atoms with van der Waals surface area (Å²) in [6, 6.07) is 6.58. The molecular formula is C13H18O. The average molecular weight is 190 g/mol. The van der Waals surface area contributed by atoms with Crippen molar-refractivity contribution in [1.29, 1.82) is 0 Å². The van der Waals surface area contributed by atoms with E-state index < -0.39 is 0 Å². The van der Waals surface area contributed by atoms with E-state index in [0.29, 0.717) is 6.10 Å². The van der Waals surface area contributed by atoms with Crippen molar-refractivity contribution < 1.29 is 4.74 Å². The smallest absolute Gasteiger partial charge is 0.123 e. The average Bonchev–Trinajstić information content (AvgIpc) is 2.41. The SMILES string of the molecule is C[C@H]1Cc2cc(C(C)(C)C)ccc2O1. The van der Waals surface area contributed by atoms with E-state index in [9.17, 15) is 0 Å². The van der Waals surface area contributed by atoms with Crippen LogP contribution in [0.15, 0.2) is 18.2 Å². The van der Waals surface area contributed by atoms with Crippen LogP contribution in [-0.4, -0.2) is 6.10 Å². The summed E-state index contributed by atoms with van der Waals surface area (Å²) < 4.78 is 5.67. The lowest BCUT2D eigenvalue weighted by atomic mass is 9.86. The maximum absolute atomic E-state index is 5.67. The van der Waals surface area contributed by atoms with Crippen LogP contribution in [0.4, 0.5) is 0 Å². The Hall–Kier alpha value is -0.980. The van der Waals surface area contributed by atoms with Gasteiger partial charge in [-0.25, -0.2) is 0 Å². The van der Waals surface area contributed by atoms with E-state index in [1.54, 1.807) is 0 Å². The molecule has 1 aliphatic heterocycles. The third kappa shape index (κ3) is 1.63. The molecule has 0 saturated heterocycles. The molecule has 1 heterocycles. The van der Waals surface area contributed by atoms with Crippen molar-refractivity contribution in [3.8, 4) is 5.75 Å². The van der Waals surface area contributed by atoms with E-state index in [4.69, 9.17) is 4.74 Å². The van der Waals surface area contributed by atoms with Crippen LogP contribution in [0.5, 0.6) is 5.75 Å². The molecule has 0 aliphatic carbocycles. The van der Waals surface area contributed by atoms with Gasteiger partial charge in [0.05, 0.1) is 0 Å². The Morgan fingerprint density at radius 2 is 2.00 bits per heavy atom. The zero-order valence-corrected chi connectivity index (χ0v) is 9.42. The first-order valence-corrected chi connectivity index (χ1v) is 5.27. The molecule has 1 heteroatoms. The monoisotopic (exact) mass is 190 g/mol. The summed E-state index contributed by atoms with van der Waals surface area (Å²) in [4.78, 5) is 0. The van der Waals surface area contributed by atoms with Crippen LogP contribution in [0.25, 0.3) is 0 Å². The molecule has 0 saturated carbocycles. The summed E-state index contributed by atoms with van der Waals surface area (Å²) in [5.74, 6) is 1.07. The highest BCUT2D eigenvalue weighted by molar-refractivity contribution is 5.42. The van der Waals surface area contributed by atoms with Gasteiger partial charge < -0.3 is 4.74 Å². The minimum atomic E-state index is 0.237. The van der Waals surface area contributed by atoms with Gasteiger partial charge in [0.2, 0.25) is 0 Å². The van der Waals surface area contributed by atoms with Crippen LogP contribution in [0.3, 0.4) is 0 Å². The van der Waals surface area contributed by atoms with Crippen molar-refractivity contribution in [2.45, 2.75) is 45.6 Å². The first kappa shape index (κ1) is 9.57. The largest absolute Gasteiger partial charge is 0.490 e. The molecule has 0 spiro atoms. The van der Waals surface area contributed by atoms with Gasteiger partial charge >= 0.3 is 0 Å². The molecule has 1 atom stereocenters. The quantitative estimate of drug-likeness (QED) is 0.610. The summed E-state index contributed by atoms with van der Waals surface area (Å²) in [6.07, 6.45) is 1.40. The van der Waals surface area contributed by atoms with Crippen LogP contribution in [0.1, 0.15) is 38.8 Å². The number of rotatable bonds is 0. The lowest BCUT2D eigenvalue weighted by Crippen LogP contribution is -2.10. The zero-order valence-electron chi connectivity index (χ0n) is 9.42. The predicted octanol–water partition coefficient (Wildman–Crippen LogP) is 3.31. The molecule has 0 unspecified atom stereocenters. The topological polar surface area (TPSA) is 9.23 Å². The number of fused-ring (bicyclic) bond motifs is 1. The molecule has 14 heavy (non-hydrogen) atoms. The minimum absolute atomic E-state index is 0.237. The minimum Gasteiger partial charge on any atom is -0.490 e. The number of hydrogen-bond acceptors (Lipinski definition) is 1. The molecule has 0 radical (unpaired) electrons. The summed E-state index contributed by atoms with van der Waals surface area (Å²) in [5, 5.41) is 0. The number of ether oxygens (including phenoxy) is 1. The van der Waals surface area contributed by atoms with E-state index in [1.165, 1.54) is 11.1 Å². The van der Waals surface area contributed by atoms with E-state index in [0.717, 1.165) is 12.2 Å². The number of hydrogen-bond donors (Lipinski definition) is 0. The van der Waals surface area contributed by atoms with Gasteiger partial charge in [0.1, 0.15) is 11.9 Å². The Labute approximate surface area is 86.1 Å². The first-order chi connectivity index (χ1) is 6.47. The van der Waals surface area contributed by atoms with E-state index in [2.05, 4.69) is 45.9 Å². The van der Waals surface area contributed by atoms with E-state index in [1.807, 2.05) is 0 Å². The van der Waals surface area contributed by atoms with Gasteiger partial charge in [0, 0.05) is 6.42 Å². The fraction of sp³-hybridized carbons (Fsp3) is 0.538. The van der Waals surface area contributed by atoms with Crippen LogP contribution < -0.4 is 4.74 Å². The second-order valence-electron chi connectivity index (χ2n) is 5.21. The highest BCUT2D eigenvalue weighted by atomic mass is 16.5. The third-order valence-corrected chi connectivity index (χ3v) is 2.76. The van der Waals surface area contributed by atoms with Crippen molar-refractivity contribution in [2.75, 3.05) is 0 Å². The van der Waals surface area contributed by atoms with Crippen LogP contribution in [0, 0.1) is 0 Å². The summed E-state index contributed by atoms with van der Waals surface area (Å²) in [6.45, 7) is 8.85. The molecule has 1 aromatic carbocycles. The van der Waals surface area contributed by atoms with Crippen LogP contribution >= 0.6 is 0 Å². The third-order valence-electron chi connectivity index (χ3n) is 2.76. The maximum atomic E-state index is 5.67. The molecule has 0 N–H and O–H groups in total. The summed E-state index contributed by atoms with van der Waals surface area (Å²) >= 11 is 0. The lowest BCUT2D eigenvalue weighted by molar-refractivity contribution is 0.254. The molecule has 0 bridgehead atoms. The molecule has 2 rings (SSSR count). The van der Waals surface area contributed by atoms with Gasteiger partial charge in [-0.1, -0.05) is 32.9 Å². The predicted molar refractivity (Wildman–Crippen MR) is 58.9 cm³/mol. The Bertz CT molecular complexity index is 347. The molecule has 0 aromatic heterocycles. The fourth-order valence-electron chi connectivity index (χ4n) is 1.89. The van der Waals surface area contributed by atoms with Crippen molar-refractivity contribution in [3.05, 3.63) is 29.3 Å². The molecule has 1 nitrogen and oxygen atoms in total. The number of benzene rings is 1. The maximum Gasteiger partial charge on any atom is 0.123 e. The van der Waals surface area contributed by atoms with Gasteiger partial charge in [-0.15, -0.1) is 0 Å². The molecule has 1 aliphatic rings. The van der Waals surface area contributed by atoms with Crippen molar-refractivity contribution in [1.82, 2.24) is 0 Å². The molecule has 0 fully saturated rings. The van der Waals surface area contributed by atoms with Crippen molar-refractivity contribution >= 4 is 0 Å². The van der Waals surface area contributed by atoms with Gasteiger partial charge in [0.25, 0.3) is 0 Å². The lowest BCUT2D eigenvalue weighted by Gasteiger charge is -2.19. The Morgan fingerprint density at radius 1 is 1.29 bits per heavy atom. The molecular weight excluding hydrogens is 172 g/mol. The normalized spacial score (nSPS) is 20.4. The molecule has 76 valence electrons. The van der Waals surface area contributed by atoms with E-state index >= 15 is 0 Å². The van der Waals surface area contributed by atoms with E-state index in [-0.39, 0.29) is 5.41 Å². The standard InChI is InChI=1S/C13H18O/c1-9-7-10-8-11(13(2,3)4)5-6-12(10)14-9/h5-6,8-9H,7H2,1-4H3/t9-/m0/s1. The van der Waals surface area contributed by atoms with Crippen LogP contribution in [-0.2, 0) is 11.8 Å². The van der Waals surface area contributed by atoms with Crippen LogP contribution in [0.2, 0.25) is 0 Å². The highest BCUT2D eigenvalue weighted by Gasteiger charge is 2.21. The summed E-state index contributed by atoms with van der Waals surface area (Å²) in [5.41, 5.74) is 3.00. The van der Waals surface area contributed by atoms with Gasteiger partial charge in [-0.3, -0.25) is 0 Å². The fourth-order valence-corrected chi connectivity index (χ4v) is 1.89. The second kappa shape index (κ2) is 3.01. The second-order valence-corrected chi connectivity index (χ2v) is 5.21. The van der Waals surface area contributed by atoms with Gasteiger partial charge in [0.15, 0.2) is 0 Å². The highest BCUT2D eigenvalue weighted by Crippen LogP contribution is 2.33.